The lowest BCUT2D eigenvalue weighted by Crippen LogP contribution is -2.54. The van der Waals surface area contributed by atoms with E-state index in [1.54, 1.807) is 7.11 Å². The molecule has 2 atom stereocenters. The molecular weight excluding hydrogens is 386 g/mol. The van der Waals surface area contributed by atoms with Crippen molar-refractivity contribution in [2.45, 2.75) is 37.6 Å². The van der Waals surface area contributed by atoms with Crippen molar-refractivity contribution in [2.24, 2.45) is 0 Å². The monoisotopic (exact) mass is 421 g/mol. The van der Waals surface area contributed by atoms with E-state index in [0.717, 1.165) is 50.5 Å². The van der Waals surface area contributed by atoms with Gasteiger partial charge in [-0.2, -0.15) is 0 Å². The lowest BCUT2D eigenvalue weighted by Gasteiger charge is -2.44. The Bertz CT molecular complexity index is 851. The standard InChI is InChI=1S/C26H35N3O2/c1-27(22-12-8-13-23(18-22)31-2)20-26(30)29-17-9-14-24(21-10-4-3-5-11-21)25(29)19-28-15-6-7-16-28/h3-5,8,10-13,18,24-25H,6-7,9,14-17,19-20H2,1-2H3/t24-,25+/m1/s1. The average molecular weight is 422 g/mol. The molecule has 166 valence electrons. The van der Waals surface area contributed by atoms with E-state index in [1.165, 1.54) is 18.4 Å². The van der Waals surface area contributed by atoms with E-state index in [9.17, 15) is 4.79 Å². The van der Waals surface area contributed by atoms with Crippen molar-refractivity contribution in [1.82, 2.24) is 9.80 Å². The molecule has 2 aromatic carbocycles. The second kappa shape index (κ2) is 10.2. The van der Waals surface area contributed by atoms with Crippen molar-refractivity contribution in [3.05, 3.63) is 60.2 Å². The highest BCUT2D eigenvalue weighted by Crippen LogP contribution is 2.34. The molecular formula is C26H35N3O2. The fraction of sp³-hybridized carbons (Fsp3) is 0.500. The molecule has 0 saturated carbocycles. The van der Waals surface area contributed by atoms with Gasteiger partial charge in [-0.1, -0.05) is 36.4 Å². The zero-order valence-electron chi connectivity index (χ0n) is 18.9. The first kappa shape index (κ1) is 21.7. The molecule has 0 aromatic heterocycles. The van der Waals surface area contributed by atoms with Crippen LogP contribution in [-0.4, -0.2) is 68.6 Å². The number of nitrogens with zero attached hydrogens (tertiary/aromatic N) is 3. The average Bonchev–Trinajstić information content (AvgIpc) is 3.33. The van der Waals surface area contributed by atoms with Crippen LogP contribution in [-0.2, 0) is 4.79 Å². The minimum atomic E-state index is 0.218. The van der Waals surface area contributed by atoms with Gasteiger partial charge in [-0.05, 0) is 56.5 Å². The normalized spacial score (nSPS) is 21.8. The number of methoxy groups -OCH3 is 1. The molecule has 2 saturated heterocycles. The second-order valence-electron chi connectivity index (χ2n) is 8.88. The SMILES string of the molecule is COc1cccc(N(C)CC(=O)N2CCC[C@H](c3ccccc3)[C@@H]2CN2CCCC2)c1. The Hall–Kier alpha value is -2.53. The topological polar surface area (TPSA) is 36.0 Å². The number of piperidine rings is 1. The molecule has 2 fully saturated rings. The molecule has 2 heterocycles. The number of benzene rings is 2. The Balaban J connectivity index is 1.52. The van der Waals surface area contributed by atoms with Crippen molar-refractivity contribution in [3.8, 4) is 5.75 Å². The molecule has 5 heteroatoms. The molecule has 5 nitrogen and oxygen atoms in total. The number of anilines is 1. The predicted molar refractivity (Wildman–Crippen MR) is 126 cm³/mol. The smallest absolute Gasteiger partial charge is 0.242 e. The van der Waals surface area contributed by atoms with Gasteiger partial charge in [0.15, 0.2) is 0 Å². The summed E-state index contributed by atoms with van der Waals surface area (Å²) in [5.74, 6) is 1.43. The Kier molecular flexibility index (Phi) is 7.13. The quantitative estimate of drug-likeness (QED) is 0.677. The van der Waals surface area contributed by atoms with Crippen molar-refractivity contribution < 1.29 is 9.53 Å². The zero-order valence-corrected chi connectivity index (χ0v) is 18.9. The highest BCUT2D eigenvalue weighted by Gasteiger charge is 2.36. The number of hydrogen-bond acceptors (Lipinski definition) is 4. The molecule has 2 aromatic rings. The zero-order chi connectivity index (χ0) is 21.6. The molecule has 0 bridgehead atoms. The molecule has 0 unspecified atom stereocenters. The first-order chi connectivity index (χ1) is 15.2. The molecule has 31 heavy (non-hydrogen) atoms. The fourth-order valence-corrected chi connectivity index (χ4v) is 5.14. The number of rotatable bonds is 7. The van der Waals surface area contributed by atoms with Crippen molar-refractivity contribution in [2.75, 3.05) is 51.8 Å². The predicted octanol–water partition coefficient (Wildman–Crippen LogP) is 4.00. The molecule has 4 rings (SSSR count). The maximum atomic E-state index is 13.5. The molecule has 2 aliphatic heterocycles. The van der Waals surface area contributed by atoms with Gasteiger partial charge in [0.2, 0.25) is 5.91 Å². The van der Waals surface area contributed by atoms with Crippen molar-refractivity contribution >= 4 is 11.6 Å². The maximum absolute atomic E-state index is 13.5. The number of hydrogen-bond donors (Lipinski definition) is 0. The van der Waals surface area contributed by atoms with E-state index in [-0.39, 0.29) is 11.9 Å². The third kappa shape index (κ3) is 5.21. The van der Waals surface area contributed by atoms with E-state index >= 15 is 0 Å². The van der Waals surface area contributed by atoms with E-state index < -0.39 is 0 Å². The Labute approximate surface area is 186 Å². The van der Waals surface area contributed by atoms with Crippen LogP contribution in [0.1, 0.15) is 37.2 Å². The molecule has 0 radical (unpaired) electrons. The Morgan fingerprint density at radius 1 is 1.03 bits per heavy atom. The number of likely N-dealkylation sites (N-methyl/N-ethyl adjacent to an activating group) is 1. The number of likely N-dealkylation sites (tertiary alicyclic amines) is 2. The highest BCUT2D eigenvalue weighted by molar-refractivity contribution is 5.82. The van der Waals surface area contributed by atoms with Crippen molar-refractivity contribution in [1.29, 1.82) is 0 Å². The summed E-state index contributed by atoms with van der Waals surface area (Å²) in [7, 11) is 3.66. The van der Waals surface area contributed by atoms with Crippen LogP contribution in [0.5, 0.6) is 5.75 Å². The lowest BCUT2D eigenvalue weighted by atomic mass is 9.83. The van der Waals surface area contributed by atoms with Crippen LogP contribution in [0, 0.1) is 0 Å². The summed E-state index contributed by atoms with van der Waals surface area (Å²) in [6.45, 7) is 4.53. The van der Waals surface area contributed by atoms with Gasteiger partial charge in [0, 0.05) is 37.8 Å². The molecule has 0 N–H and O–H groups in total. The van der Waals surface area contributed by atoms with Gasteiger partial charge in [-0.15, -0.1) is 0 Å². The van der Waals surface area contributed by atoms with E-state index in [0.29, 0.717) is 12.5 Å². The van der Waals surface area contributed by atoms with Gasteiger partial charge in [-0.3, -0.25) is 4.79 Å². The Morgan fingerprint density at radius 2 is 1.81 bits per heavy atom. The third-order valence-corrected chi connectivity index (χ3v) is 6.84. The maximum Gasteiger partial charge on any atom is 0.242 e. The summed E-state index contributed by atoms with van der Waals surface area (Å²) in [4.78, 5) is 20.3. The summed E-state index contributed by atoms with van der Waals surface area (Å²) in [5.41, 5.74) is 2.37. The summed E-state index contributed by atoms with van der Waals surface area (Å²) in [6, 6.07) is 18.9. The fourth-order valence-electron chi connectivity index (χ4n) is 5.14. The first-order valence-corrected chi connectivity index (χ1v) is 11.6. The summed E-state index contributed by atoms with van der Waals surface area (Å²) < 4.78 is 5.35. The van der Waals surface area contributed by atoms with E-state index in [1.807, 2.05) is 36.2 Å². The molecule has 0 aliphatic carbocycles. The second-order valence-corrected chi connectivity index (χ2v) is 8.88. The molecule has 1 amide bonds. The van der Waals surface area contributed by atoms with Crippen LogP contribution in [0.25, 0.3) is 0 Å². The number of ether oxygens (including phenoxy) is 1. The third-order valence-electron chi connectivity index (χ3n) is 6.84. The van der Waals surface area contributed by atoms with Crippen LogP contribution < -0.4 is 9.64 Å². The van der Waals surface area contributed by atoms with Crippen LogP contribution >= 0.6 is 0 Å². The highest BCUT2D eigenvalue weighted by atomic mass is 16.5. The van der Waals surface area contributed by atoms with Gasteiger partial charge >= 0.3 is 0 Å². The van der Waals surface area contributed by atoms with Crippen molar-refractivity contribution in [3.63, 3.8) is 0 Å². The molecule has 0 spiro atoms. The minimum absolute atomic E-state index is 0.218. The largest absolute Gasteiger partial charge is 0.497 e. The van der Waals surface area contributed by atoms with Crippen LogP contribution in [0.15, 0.2) is 54.6 Å². The molecule has 2 aliphatic rings. The first-order valence-electron chi connectivity index (χ1n) is 11.6. The van der Waals surface area contributed by atoms with E-state index in [4.69, 9.17) is 4.74 Å². The Morgan fingerprint density at radius 3 is 2.55 bits per heavy atom. The van der Waals surface area contributed by atoms with Crippen LogP contribution in [0.2, 0.25) is 0 Å². The van der Waals surface area contributed by atoms with Crippen LogP contribution in [0.3, 0.4) is 0 Å². The van der Waals surface area contributed by atoms with E-state index in [2.05, 4.69) is 40.1 Å². The minimum Gasteiger partial charge on any atom is -0.497 e. The number of amides is 1. The number of carbonyl (C=O) groups is 1. The summed E-state index contributed by atoms with van der Waals surface area (Å²) in [5, 5.41) is 0. The van der Waals surface area contributed by atoms with Gasteiger partial charge in [0.1, 0.15) is 5.75 Å². The summed E-state index contributed by atoms with van der Waals surface area (Å²) >= 11 is 0. The van der Waals surface area contributed by atoms with Gasteiger partial charge in [-0.25, -0.2) is 0 Å². The van der Waals surface area contributed by atoms with Gasteiger partial charge in [0.25, 0.3) is 0 Å². The summed E-state index contributed by atoms with van der Waals surface area (Å²) in [6.07, 6.45) is 4.76. The van der Waals surface area contributed by atoms with Gasteiger partial charge in [0.05, 0.1) is 19.7 Å². The lowest BCUT2D eigenvalue weighted by molar-refractivity contribution is -0.134. The number of carbonyl (C=O) groups excluding carboxylic acids is 1. The van der Waals surface area contributed by atoms with Gasteiger partial charge < -0.3 is 19.4 Å². The van der Waals surface area contributed by atoms with Crippen LogP contribution in [0.4, 0.5) is 5.69 Å².